The van der Waals surface area contributed by atoms with Crippen LogP contribution in [0.15, 0.2) is 42.9 Å². The number of nitrogens with one attached hydrogen (secondary N) is 1. The van der Waals surface area contributed by atoms with Crippen molar-refractivity contribution < 1.29 is 0 Å². The second-order valence-corrected chi connectivity index (χ2v) is 4.98. The molecule has 4 heteroatoms. The van der Waals surface area contributed by atoms with Gasteiger partial charge in [0, 0.05) is 36.1 Å². The first-order valence-electron chi connectivity index (χ1n) is 6.70. The topological polar surface area (TPSA) is 42.7 Å². The number of rotatable bonds is 3. The van der Waals surface area contributed by atoms with E-state index in [4.69, 9.17) is 0 Å². The van der Waals surface area contributed by atoms with E-state index in [2.05, 4.69) is 40.5 Å². The number of hydrogen-bond acceptors (Lipinski definition) is 3. The molecule has 3 rings (SSSR count). The molecule has 4 nitrogen and oxygen atoms in total. The standard InChI is InChI=1S/C16H18N4/c1-11-14(10-19-20(11)3)16(17-2)15-9-18-8-12-6-4-5-7-13(12)15/h4-10,16-17H,1-3H3. The molecule has 0 radical (unpaired) electrons. The summed E-state index contributed by atoms with van der Waals surface area (Å²) >= 11 is 0. The molecule has 0 bridgehead atoms. The monoisotopic (exact) mass is 266 g/mol. The van der Waals surface area contributed by atoms with E-state index in [9.17, 15) is 0 Å². The second-order valence-electron chi connectivity index (χ2n) is 4.98. The van der Waals surface area contributed by atoms with E-state index < -0.39 is 0 Å². The van der Waals surface area contributed by atoms with Gasteiger partial charge in [0.05, 0.1) is 12.2 Å². The predicted octanol–water partition coefficient (Wildman–Crippen LogP) is 2.59. The summed E-state index contributed by atoms with van der Waals surface area (Å²) in [5.41, 5.74) is 3.53. The van der Waals surface area contributed by atoms with Crippen LogP contribution < -0.4 is 5.32 Å². The first kappa shape index (κ1) is 12.8. The lowest BCUT2D eigenvalue weighted by Gasteiger charge is -2.18. The summed E-state index contributed by atoms with van der Waals surface area (Å²) in [6.45, 7) is 2.09. The van der Waals surface area contributed by atoms with Crippen molar-refractivity contribution in [3.8, 4) is 0 Å². The maximum atomic E-state index is 4.38. The number of aryl methyl sites for hydroxylation is 1. The fourth-order valence-electron chi connectivity index (χ4n) is 2.65. The molecule has 0 aliphatic rings. The Balaban J connectivity index is 2.19. The highest BCUT2D eigenvalue weighted by Gasteiger charge is 2.19. The Bertz CT molecular complexity index is 740. The van der Waals surface area contributed by atoms with Crippen LogP contribution in [0.2, 0.25) is 0 Å². The lowest BCUT2D eigenvalue weighted by atomic mass is 9.96. The van der Waals surface area contributed by atoms with Gasteiger partial charge in [-0.25, -0.2) is 0 Å². The molecule has 0 saturated carbocycles. The zero-order chi connectivity index (χ0) is 14.1. The number of benzene rings is 1. The maximum Gasteiger partial charge on any atom is 0.0629 e. The molecule has 2 aromatic heterocycles. The lowest BCUT2D eigenvalue weighted by molar-refractivity contribution is 0.681. The van der Waals surface area contributed by atoms with Gasteiger partial charge in [-0.1, -0.05) is 24.3 Å². The van der Waals surface area contributed by atoms with Crippen LogP contribution in [0.4, 0.5) is 0 Å². The number of pyridine rings is 1. The third-order valence-corrected chi connectivity index (χ3v) is 3.88. The van der Waals surface area contributed by atoms with Crippen molar-refractivity contribution in [2.24, 2.45) is 7.05 Å². The van der Waals surface area contributed by atoms with Gasteiger partial charge >= 0.3 is 0 Å². The average molecular weight is 266 g/mol. The molecule has 0 fully saturated rings. The van der Waals surface area contributed by atoms with Crippen molar-refractivity contribution in [1.29, 1.82) is 0 Å². The minimum Gasteiger partial charge on any atom is -0.309 e. The fourth-order valence-corrected chi connectivity index (χ4v) is 2.65. The highest BCUT2D eigenvalue weighted by atomic mass is 15.3. The maximum absolute atomic E-state index is 4.38. The fraction of sp³-hybridized carbons (Fsp3) is 0.250. The molecule has 0 amide bonds. The Kier molecular flexibility index (Phi) is 3.24. The quantitative estimate of drug-likeness (QED) is 0.792. The van der Waals surface area contributed by atoms with Crippen molar-refractivity contribution in [1.82, 2.24) is 20.1 Å². The summed E-state index contributed by atoms with van der Waals surface area (Å²) < 4.78 is 1.90. The minimum absolute atomic E-state index is 0.0994. The molecule has 1 unspecified atom stereocenters. The Morgan fingerprint density at radius 1 is 1.10 bits per heavy atom. The number of hydrogen-bond donors (Lipinski definition) is 1. The molecule has 0 aliphatic carbocycles. The molecular formula is C16H18N4. The Morgan fingerprint density at radius 2 is 1.90 bits per heavy atom. The van der Waals surface area contributed by atoms with Crippen LogP contribution >= 0.6 is 0 Å². The van der Waals surface area contributed by atoms with Gasteiger partial charge in [0.2, 0.25) is 0 Å². The summed E-state index contributed by atoms with van der Waals surface area (Å²) in [5, 5.41) is 10.1. The number of fused-ring (bicyclic) bond motifs is 1. The van der Waals surface area contributed by atoms with Crippen LogP contribution in [-0.4, -0.2) is 21.8 Å². The Labute approximate surface area is 118 Å². The highest BCUT2D eigenvalue weighted by molar-refractivity contribution is 5.85. The number of nitrogens with zero attached hydrogens (tertiary/aromatic N) is 3. The second kappa shape index (κ2) is 5.06. The summed E-state index contributed by atoms with van der Waals surface area (Å²) in [4.78, 5) is 4.38. The van der Waals surface area contributed by atoms with E-state index in [1.165, 1.54) is 16.5 Å². The molecule has 20 heavy (non-hydrogen) atoms. The molecule has 1 N–H and O–H groups in total. The van der Waals surface area contributed by atoms with Crippen LogP contribution in [0.25, 0.3) is 10.8 Å². The van der Waals surface area contributed by atoms with Crippen LogP contribution in [0.3, 0.4) is 0 Å². The van der Waals surface area contributed by atoms with Crippen molar-refractivity contribution in [3.05, 3.63) is 59.7 Å². The average Bonchev–Trinajstić information content (AvgIpc) is 2.81. The molecule has 1 aromatic carbocycles. The third-order valence-electron chi connectivity index (χ3n) is 3.88. The third kappa shape index (κ3) is 1.98. The molecule has 0 saturated heterocycles. The van der Waals surface area contributed by atoms with Gasteiger partial charge in [0.15, 0.2) is 0 Å². The lowest BCUT2D eigenvalue weighted by Crippen LogP contribution is -2.19. The zero-order valence-electron chi connectivity index (χ0n) is 12.0. The van der Waals surface area contributed by atoms with Crippen LogP contribution in [0, 0.1) is 6.92 Å². The Morgan fingerprint density at radius 3 is 2.60 bits per heavy atom. The van der Waals surface area contributed by atoms with Gasteiger partial charge in [-0.3, -0.25) is 9.67 Å². The summed E-state index contributed by atoms with van der Waals surface area (Å²) in [7, 11) is 3.94. The molecule has 0 aliphatic heterocycles. The predicted molar refractivity (Wildman–Crippen MR) is 80.6 cm³/mol. The summed E-state index contributed by atoms with van der Waals surface area (Å²) in [6.07, 6.45) is 5.77. The highest BCUT2D eigenvalue weighted by Crippen LogP contribution is 2.29. The van der Waals surface area contributed by atoms with E-state index in [0.717, 1.165) is 11.1 Å². The van der Waals surface area contributed by atoms with Crippen LogP contribution in [0.1, 0.15) is 22.9 Å². The van der Waals surface area contributed by atoms with E-state index in [1.807, 2.05) is 43.4 Å². The normalized spacial score (nSPS) is 12.8. The SMILES string of the molecule is CNC(c1cnn(C)c1C)c1cncc2ccccc12. The summed E-state index contributed by atoms with van der Waals surface area (Å²) in [5.74, 6) is 0. The van der Waals surface area contributed by atoms with E-state index >= 15 is 0 Å². The van der Waals surface area contributed by atoms with Gasteiger partial charge in [0.1, 0.15) is 0 Å². The van der Waals surface area contributed by atoms with E-state index in [-0.39, 0.29) is 6.04 Å². The van der Waals surface area contributed by atoms with Gasteiger partial charge in [-0.15, -0.1) is 0 Å². The van der Waals surface area contributed by atoms with Crippen molar-refractivity contribution in [2.75, 3.05) is 7.05 Å². The largest absolute Gasteiger partial charge is 0.309 e. The van der Waals surface area contributed by atoms with Gasteiger partial charge in [-0.2, -0.15) is 5.10 Å². The van der Waals surface area contributed by atoms with Crippen LogP contribution in [0.5, 0.6) is 0 Å². The van der Waals surface area contributed by atoms with Crippen molar-refractivity contribution >= 4 is 10.8 Å². The van der Waals surface area contributed by atoms with Crippen LogP contribution in [-0.2, 0) is 7.05 Å². The first-order chi connectivity index (χ1) is 9.72. The molecule has 1 atom stereocenters. The molecule has 3 aromatic rings. The molecule has 102 valence electrons. The van der Waals surface area contributed by atoms with Crippen molar-refractivity contribution in [3.63, 3.8) is 0 Å². The van der Waals surface area contributed by atoms with E-state index in [0.29, 0.717) is 0 Å². The molecule has 2 heterocycles. The Hall–Kier alpha value is -2.20. The van der Waals surface area contributed by atoms with E-state index in [1.54, 1.807) is 0 Å². The minimum atomic E-state index is 0.0994. The van der Waals surface area contributed by atoms with Gasteiger partial charge < -0.3 is 5.32 Å². The van der Waals surface area contributed by atoms with Crippen molar-refractivity contribution in [2.45, 2.75) is 13.0 Å². The summed E-state index contributed by atoms with van der Waals surface area (Å²) in [6, 6.07) is 8.44. The zero-order valence-corrected chi connectivity index (χ0v) is 12.0. The molecule has 0 spiro atoms. The van der Waals surface area contributed by atoms with Gasteiger partial charge in [-0.05, 0) is 24.9 Å². The number of aromatic nitrogens is 3. The first-order valence-corrected chi connectivity index (χ1v) is 6.70. The van der Waals surface area contributed by atoms with Gasteiger partial charge in [0.25, 0.3) is 0 Å². The molecular weight excluding hydrogens is 248 g/mol. The smallest absolute Gasteiger partial charge is 0.0629 e.